The molecule has 14 heavy (non-hydrogen) atoms. The van der Waals surface area contributed by atoms with Crippen LogP contribution in [0.5, 0.6) is 0 Å². The van der Waals surface area contributed by atoms with E-state index in [4.69, 9.17) is 10.7 Å². The molecule has 1 unspecified atom stereocenters. The molecular weight excluding hydrogens is 188 g/mol. The number of hydrogen-bond acceptors (Lipinski definition) is 6. The van der Waals surface area contributed by atoms with Crippen molar-refractivity contribution in [2.24, 2.45) is 5.92 Å². The summed E-state index contributed by atoms with van der Waals surface area (Å²) in [4.78, 5) is 21.6. The van der Waals surface area contributed by atoms with Crippen LogP contribution in [0, 0.1) is 22.7 Å². The van der Waals surface area contributed by atoms with E-state index >= 15 is 0 Å². The van der Waals surface area contributed by atoms with Gasteiger partial charge in [0.1, 0.15) is 0 Å². The molecule has 0 aliphatic heterocycles. The molecule has 0 heterocycles. The molecular formula is C8H10N2O4. The molecule has 0 aromatic heterocycles. The smallest absolute Gasteiger partial charge is 0.328 e. The number of nitrogens with zero attached hydrogens (tertiary/aromatic N) is 1. The minimum absolute atomic E-state index is 0.328. The number of rotatable bonds is 4. The fourth-order valence-electron chi connectivity index (χ4n) is 0.720. The summed E-state index contributed by atoms with van der Waals surface area (Å²) in [5.41, 5.74) is -0.328. The largest absolute Gasteiger partial charge is 0.469 e. The van der Waals surface area contributed by atoms with Crippen LogP contribution in [0.3, 0.4) is 0 Å². The fraction of sp³-hybridized carbons (Fsp3) is 0.500. The van der Waals surface area contributed by atoms with Gasteiger partial charge >= 0.3 is 11.9 Å². The molecule has 6 nitrogen and oxygen atoms in total. The van der Waals surface area contributed by atoms with Crippen molar-refractivity contribution in [2.75, 3.05) is 14.2 Å². The second kappa shape index (κ2) is 5.70. The first kappa shape index (κ1) is 12.1. The lowest BCUT2D eigenvalue weighted by atomic mass is 10.0. The van der Waals surface area contributed by atoms with Gasteiger partial charge in [0.2, 0.25) is 0 Å². The van der Waals surface area contributed by atoms with E-state index in [1.54, 1.807) is 6.07 Å². The maximum absolute atomic E-state index is 10.9. The summed E-state index contributed by atoms with van der Waals surface area (Å²) < 4.78 is 8.57. The predicted octanol–water partition coefficient (Wildman–Crippen LogP) is -0.118. The van der Waals surface area contributed by atoms with E-state index in [9.17, 15) is 9.59 Å². The average Bonchev–Trinajstić information content (AvgIpc) is 2.18. The Morgan fingerprint density at radius 1 is 1.43 bits per heavy atom. The number of carbonyl (C=O) groups excluding carboxylic acids is 2. The topological polar surface area (TPSA) is 100 Å². The third-order valence-electron chi connectivity index (χ3n) is 1.48. The van der Waals surface area contributed by atoms with E-state index < -0.39 is 17.9 Å². The molecule has 1 atom stereocenters. The van der Waals surface area contributed by atoms with Gasteiger partial charge in [-0.25, -0.2) is 0 Å². The number of ether oxygens (including phenoxy) is 2. The second-order valence-corrected chi connectivity index (χ2v) is 2.36. The van der Waals surface area contributed by atoms with Crippen molar-refractivity contribution in [3.8, 4) is 6.07 Å². The van der Waals surface area contributed by atoms with Crippen LogP contribution in [0.1, 0.15) is 6.42 Å². The Labute approximate surface area is 80.9 Å². The second-order valence-electron chi connectivity index (χ2n) is 2.36. The Hall–Kier alpha value is -1.90. The Morgan fingerprint density at radius 2 is 2.00 bits per heavy atom. The summed E-state index contributed by atoms with van der Waals surface area (Å²) in [5.74, 6) is -2.85. The van der Waals surface area contributed by atoms with Crippen LogP contribution in [0.15, 0.2) is 0 Å². The van der Waals surface area contributed by atoms with Crippen LogP contribution in [-0.2, 0) is 19.1 Å². The van der Waals surface area contributed by atoms with Crippen LogP contribution in [0.2, 0.25) is 0 Å². The van der Waals surface area contributed by atoms with E-state index in [2.05, 4.69) is 9.47 Å². The summed E-state index contributed by atoms with van der Waals surface area (Å²) in [6.07, 6.45) is -0.385. The Bertz CT molecular complexity index is 292. The molecule has 0 aromatic rings. The molecule has 0 saturated carbocycles. The Kier molecular flexibility index (Phi) is 4.92. The molecule has 76 valence electrons. The van der Waals surface area contributed by atoms with Gasteiger partial charge in [0.15, 0.2) is 5.92 Å². The Balaban J connectivity index is 4.42. The van der Waals surface area contributed by atoms with Crippen molar-refractivity contribution in [3.05, 3.63) is 0 Å². The highest BCUT2D eigenvalue weighted by atomic mass is 16.5. The fourth-order valence-corrected chi connectivity index (χ4v) is 0.720. The molecule has 0 radical (unpaired) electrons. The summed E-state index contributed by atoms with van der Waals surface area (Å²) in [6, 6.07) is 1.58. The van der Waals surface area contributed by atoms with Crippen LogP contribution < -0.4 is 0 Å². The highest BCUT2D eigenvalue weighted by molar-refractivity contribution is 6.09. The molecule has 1 N–H and O–H groups in total. The van der Waals surface area contributed by atoms with Gasteiger partial charge in [-0.1, -0.05) is 0 Å². The van der Waals surface area contributed by atoms with Gasteiger partial charge < -0.3 is 14.9 Å². The zero-order chi connectivity index (χ0) is 11.1. The van der Waals surface area contributed by atoms with E-state index in [-0.39, 0.29) is 12.1 Å². The van der Waals surface area contributed by atoms with E-state index in [1.807, 2.05) is 0 Å². The standard InChI is InChI=1S/C8H10N2O4/c1-13-7(11)3-6(10)5(4-9)8(12)14-2/h5,10H,3H2,1-2H3. The lowest BCUT2D eigenvalue weighted by Crippen LogP contribution is -2.25. The number of nitrogens with one attached hydrogen (secondary N) is 1. The third-order valence-corrected chi connectivity index (χ3v) is 1.48. The minimum atomic E-state index is -1.33. The number of nitriles is 1. The van der Waals surface area contributed by atoms with Crippen molar-refractivity contribution in [1.82, 2.24) is 0 Å². The molecule has 0 aromatic carbocycles. The average molecular weight is 198 g/mol. The number of carbonyl (C=O) groups is 2. The minimum Gasteiger partial charge on any atom is -0.469 e. The lowest BCUT2D eigenvalue weighted by Gasteiger charge is -2.06. The normalized spacial score (nSPS) is 10.9. The van der Waals surface area contributed by atoms with Gasteiger partial charge in [0, 0.05) is 5.71 Å². The molecule has 0 spiro atoms. The van der Waals surface area contributed by atoms with Crippen LogP contribution in [0.25, 0.3) is 0 Å². The quantitative estimate of drug-likeness (QED) is 0.501. The number of hydrogen-bond donors (Lipinski definition) is 1. The van der Waals surface area contributed by atoms with E-state index in [0.29, 0.717) is 0 Å². The summed E-state index contributed by atoms with van der Waals surface area (Å²) >= 11 is 0. The lowest BCUT2D eigenvalue weighted by molar-refractivity contribution is -0.141. The SMILES string of the molecule is COC(=O)CC(=N)C(C#N)C(=O)OC. The third kappa shape index (κ3) is 3.23. The highest BCUT2D eigenvalue weighted by Crippen LogP contribution is 2.04. The molecule has 0 saturated heterocycles. The van der Waals surface area contributed by atoms with Gasteiger partial charge in [-0.2, -0.15) is 5.26 Å². The van der Waals surface area contributed by atoms with Crippen LogP contribution in [0.4, 0.5) is 0 Å². The molecule has 0 fully saturated rings. The molecule has 0 aliphatic carbocycles. The van der Waals surface area contributed by atoms with E-state index in [0.717, 1.165) is 14.2 Å². The van der Waals surface area contributed by atoms with Crippen LogP contribution >= 0.6 is 0 Å². The first-order chi connectivity index (χ1) is 6.56. The number of esters is 2. The summed E-state index contributed by atoms with van der Waals surface area (Å²) in [7, 11) is 2.27. The Morgan fingerprint density at radius 3 is 2.36 bits per heavy atom. The van der Waals surface area contributed by atoms with Gasteiger partial charge in [-0.3, -0.25) is 9.59 Å². The molecule has 0 rings (SSSR count). The summed E-state index contributed by atoms with van der Waals surface area (Å²) in [5, 5.41) is 15.8. The van der Waals surface area contributed by atoms with Crippen molar-refractivity contribution in [1.29, 1.82) is 10.7 Å². The maximum atomic E-state index is 10.9. The van der Waals surface area contributed by atoms with Crippen LogP contribution in [-0.4, -0.2) is 31.9 Å². The predicted molar refractivity (Wildman–Crippen MR) is 45.5 cm³/mol. The van der Waals surface area contributed by atoms with E-state index in [1.165, 1.54) is 0 Å². The number of methoxy groups -OCH3 is 2. The van der Waals surface area contributed by atoms with Crippen molar-refractivity contribution < 1.29 is 19.1 Å². The van der Waals surface area contributed by atoms with Gasteiger partial charge in [-0.05, 0) is 0 Å². The summed E-state index contributed by atoms with van der Waals surface area (Å²) in [6.45, 7) is 0. The maximum Gasteiger partial charge on any atom is 0.328 e. The first-order valence-electron chi connectivity index (χ1n) is 3.68. The van der Waals surface area contributed by atoms with Gasteiger partial charge in [-0.15, -0.1) is 0 Å². The molecule has 0 aliphatic rings. The molecule has 0 amide bonds. The first-order valence-corrected chi connectivity index (χ1v) is 3.68. The van der Waals surface area contributed by atoms with Gasteiger partial charge in [0.25, 0.3) is 0 Å². The zero-order valence-electron chi connectivity index (χ0n) is 7.86. The zero-order valence-corrected chi connectivity index (χ0v) is 7.86. The van der Waals surface area contributed by atoms with Crippen molar-refractivity contribution in [2.45, 2.75) is 6.42 Å². The van der Waals surface area contributed by atoms with Crippen molar-refractivity contribution in [3.63, 3.8) is 0 Å². The molecule has 0 bridgehead atoms. The highest BCUT2D eigenvalue weighted by Gasteiger charge is 2.25. The monoisotopic (exact) mass is 198 g/mol. The van der Waals surface area contributed by atoms with Gasteiger partial charge in [0.05, 0.1) is 26.7 Å². The molecule has 6 heteroatoms. The van der Waals surface area contributed by atoms with Crippen molar-refractivity contribution >= 4 is 17.7 Å².